The van der Waals surface area contributed by atoms with Crippen molar-refractivity contribution < 1.29 is 0 Å². The summed E-state index contributed by atoms with van der Waals surface area (Å²) in [6.07, 6.45) is 3.67. The van der Waals surface area contributed by atoms with Gasteiger partial charge in [0.2, 0.25) is 0 Å². The number of benzene rings is 5. The van der Waals surface area contributed by atoms with Crippen molar-refractivity contribution in [2.45, 2.75) is 0 Å². The minimum absolute atomic E-state index is 0.652. The normalized spacial score (nSPS) is 11.5. The molecule has 8 rings (SSSR count). The van der Waals surface area contributed by atoms with Crippen LogP contribution in [0.2, 0.25) is 0 Å². The molecule has 0 aliphatic carbocycles. The van der Waals surface area contributed by atoms with Gasteiger partial charge >= 0.3 is 0 Å². The topological polar surface area (TPSA) is 62.5 Å². The first-order chi connectivity index (χ1) is 19.8. The van der Waals surface area contributed by atoms with Crippen molar-refractivity contribution in [1.82, 2.24) is 15.0 Å². The van der Waals surface area contributed by atoms with Gasteiger partial charge in [-0.25, -0.2) is 4.98 Å². The molecule has 40 heavy (non-hydrogen) atoms. The van der Waals surface area contributed by atoms with Gasteiger partial charge in [-0.05, 0) is 52.2 Å². The lowest BCUT2D eigenvalue weighted by molar-refractivity contribution is 1.38. The van der Waals surface area contributed by atoms with E-state index in [1.807, 2.05) is 54.9 Å². The molecule has 3 heterocycles. The summed E-state index contributed by atoms with van der Waals surface area (Å²) in [5.41, 5.74) is 7.56. The van der Waals surface area contributed by atoms with Crippen molar-refractivity contribution in [3.8, 4) is 28.5 Å². The highest BCUT2D eigenvalue weighted by Crippen LogP contribution is 2.44. The van der Waals surface area contributed by atoms with Gasteiger partial charge < -0.3 is 0 Å². The Morgan fingerprint density at radius 2 is 1.07 bits per heavy atom. The summed E-state index contributed by atoms with van der Waals surface area (Å²) in [5.74, 6) is 0. The fourth-order valence-corrected chi connectivity index (χ4v) is 6.02. The number of pyridine rings is 3. The van der Waals surface area contributed by atoms with Crippen LogP contribution in [-0.4, -0.2) is 15.0 Å². The van der Waals surface area contributed by atoms with Crippen LogP contribution in [0.1, 0.15) is 5.56 Å². The maximum absolute atomic E-state index is 9.27. The molecule has 3 aromatic heterocycles. The minimum atomic E-state index is 0.652. The average molecular weight is 509 g/mol. The molecule has 4 heteroatoms. The molecule has 4 nitrogen and oxygen atoms in total. The predicted molar refractivity (Wildman–Crippen MR) is 163 cm³/mol. The van der Waals surface area contributed by atoms with Crippen LogP contribution in [-0.2, 0) is 0 Å². The van der Waals surface area contributed by atoms with Crippen molar-refractivity contribution >= 4 is 54.3 Å². The van der Waals surface area contributed by atoms with Gasteiger partial charge in [-0.3, -0.25) is 9.97 Å². The van der Waals surface area contributed by atoms with E-state index in [2.05, 4.69) is 72.8 Å². The van der Waals surface area contributed by atoms with E-state index in [0.717, 1.165) is 76.6 Å². The quantitative estimate of drug-likeness (QED) is 0.219. The summed E-state index contributed by atoms with van der Waals surface area (Å²) < 4.78 is 0. The molecule has 0 bridgehead atoms. The fourth-order valence-electron chi connectivity index (χ4n) is 6.02. The molecule has 8 aromatic rings. The van der Waals surface area contributed by atoms with E-state index in [1.165, 1.54) is 0 Å². The number of nitriles is 1. The Labute approximate surface area is 229 Å². The van der Waals surface area contributed by atoms with E-state index >= 15 is 0 Å². The number of nitrogens with zero attached hydrogens (tertiary/aromatic N) is 4. The molecular weight excluding hydrogens is 488 g/mol. The third-order valence-corrected chi connectivity index (χ3v) is 7.78. The van der Waals surface area contributed by atoms with Crippen LogP contribution in [0.3, 0.4) is 0 Å². The lowest BCUT2D eigenvalue weighted by Gasteiger charge is -2.17. The molecule has 0 unspecified atom stereocenters. The molecule has 184 valence electrons. The molecular formula is C36H20N4. The SMILES string of the molecule is N#Cc1ccc(-c2ccc(-c3nc4ccccc4c4c5cccnc5c5ncccc5c34)c3ccccc23)cc1. The number of aromatic nitrogens is 3. The van der Waals surface area contributed by atoms with Gasteiger partial charge in [0.25, 0.3) is 0 Å². The van der Waals surface area contributed by atoms with Gasteiger partial charge in [0.15, 0.2) is 0 Å². The third-order valence-electron chi connectivity index (χ3n) is 7.78. The molecule has 0 fully saturated rings. The van der Waals surface area contributed by atoms with E-state index in [-0.39, 0.29) is 0 Å². The smallest absolute Gasteiger partial charge is 0.0991 e. The number of rotatable bonds is 2. The second kappa shape index (κ2) is 8.69. The molecule has 0 spiro atoms. The van der Waals surface area contributed by atoms with Crippen LogP contribution >= 0.6 is 0 Å². The van der Waals surface area contributed by atoms with Crippen LogP contribution in [0.4, 0.5) is 0 Å². The standard InChI is InChI=1S/C36H20N4/c37-21-22-13-15-23(16-14-22)24-17-18-27(26-8-2-1-7-25(24)26)34-33-30-11-6-20-39-36(30)35-29(10-5-19-38-35)32(33)28-9-3-4-12-31(28)40-34/h1-20H. The first-order valence-corrected chi connectivity index (χ1v) is 13.2. The molecule has 5 aromatic carbocycles. The lowest BCUT2D eigenvalue weighted by Crippen LogP contribution is -1.95. The Bertz CT molecular complexity index is 2330. The van der Waals surface area contributed by atoms with Gasteiger partial charge in [-0.15, -0.1) is 0 Å². The van der Waals surface area contributed by atoms with Crippen molar-refractivity contribution in [3.63, 3.8) is 0 Å². The molecule has 0 radical (unpaired) electrons. The summed E-state index contributed by atoms with van der Waals surface area (Å²) >= 11 is 0. The maximum atomic E-state index is 9.27. The average Bonchev–Trinajstić information content (AvgIpc) is 3.04. The lowest BCUT2D eigenvalue weighted by atomic mass is 9.89. The van der Waals surface area contributed by atoms with E-state index in [1.54, 1.807) is 0 Å². The van der Waals surface area contributed by atoms with Crippen molar-refractivity contribution in [1.29, 1.82) is 5.26 Å². The molecule has 0 N–H and O–H groups in total. The zero-order chi connectivity index (χ0) is 26.6. The fraction of sp³-hybridized carbons (Fsp3) is 0. The number of hydrogen-bond donors (Lipinski definition) is 0. The van der Waals surface area contributed by atoms with Crippen LogP contribution in [0.5, 0.6) is 0 Å². The second-order valence-electron chi connectivity index (χ2n) is 9.92. The monoisotopic (exact) mass is 508 g/mol. The molecule has 0 aliphatic rings. The van der Waals surface area contributed by atoms with Gasteiger partial charge in [0, 0.05) is 44.9 Å². The van der Waals surface area contributed by atoms with Crippen LogP contribution in [0.15, 0.2) is 122 Å². The highest BCUT2D eigenvalue weighted by atomic mass is 14.7. The highest BCUT2D eigenvalue weighted by molar-refractivity contribution is 6.32. The first-order valence-electron chi connectivity index (χ1n) is 13.2. The van der Waals surface area contributed by atoms with E-state index in [0.29, 0.717) is 5.56 Å². The summed E-state index contributed by atoms with van der Waals surface area (Å²) in [6, 6.07) is 39.4. The summed E-state index contributed by atoms with van der Waals surface area (Å²) in [5, 5.41) is 17.0. The molecule has 0 saturated heterocycles. The Kier molecular flexibility index (Phi) is 4.85. The Morgan fingerprint density at radius 3 is 1.77 bits per heavy atom. The number of hydrogen-bond acceptors (Lipinski definition) is 4. The maximum Gasteiger partial charge on any atom is 0.0991 e. The van der Waals surface area contributed by atoms with E-state index in [9.17, 15) is 5.26 Å². The van der Waals surface area contributed by atoms with E-state index < -0.39 is 0 Å². The predicted octanol–water partition coefficient (Wildman–Crippen LogP) is 8.84. The summed E-state index contributed by atoms with van der Waals surface area (Å²) in [7, 11) is 0. The summed E-state index contributed by atoms with van der Waals surface area (Å²) in [4.78, 5) is 14.9. The Morgan fingerprint density at radius 1 is 0.500 bits per heavy atom. The molecule has 0 atom stereocenters. The first kappa shape index (κ1) is 22.3. The van der Waals surface area contributed by atoms with Crippen LogP contribution < -0.4 is 0 Å². The van der Waals surface area contributed by atoms with Crippen molar-refractivity contribution in [3.05, 3.63) is 127 Å². The molecule has 0 aliphatic heterocycles. The van der Waals surface area contributed by atoms with Crippen molar-refractivity contribution in [2.75, 3.05) is 0 Å². The van der Waals surface area contributed by atoms with Gasteiger partial charge in [0.1, 0.15) is 0 Å². The number of fused-ring (bicyclic) bond motifs is 9. The van der Waals surface area contributed by atoms with Crippen molar-refractivity contribution in [2.24, 2.45) is 0 Å². The summed E-state index contributed by atoms with van der Waals surface area (Å²) in [6.45, 7) is 0. The minimum Gasteiger partial charge on any atom is -0.254 e. The Hall–Kier alpha value is -5.66. The zero-order valence-electron chi connectivity index (χ0n) is 21.3. The van der Waals surface area contributed by atoms with Gasteiger partial charge in [0.05, 0.1) is 33.9 Å². The van der Waals surface area contributed by atoms with Gasteiger partial charge in [-0.2, -0.15) is 5.26 Å². The van der Waals surface area contributed by atoms with Crippen LogP contribution in [0, 0.1) is 11.3 Å². The largest absolute Gasteiger partial charge is 0.254 e. The number of para-hydroxylation sites is 1. The second-order valence-corrected chi connectivity index (χ2v) is 9.92. The Balaban J connectivity index is 1.55. The molecule has 0 saturated carbocycles. The molecule has 0 amide bonds. The highest BCUT2D eigenvalue weighted by Gasteiger charge is 2.20. The third kappa shape index (κ3) is 3.22. The zero-order valence-corrected chi connectivity index (χ0v) is 21.3. The van der Waals surface area contributed by atoms with Gasteiger partial charge in [-0.1, -0.05) is 78.9 Å². The van der Waals surface area contributed by atoms with Crippen LogP contribution in [0.25, 0.3) is 76.6 Å². The van der Waals surface area contributed by atoms with E-state index in [4.69, 9.17) is 15.0 Å².